The maximum atomic E-state index is 12.5. The molecule has 0 bridgehead atoms. The van der Waals surface area contributed by atoms with E-state index in [9.17, 15) is 29.1 Å². The molecular weight excluding hydrogens is 414 g/mol. The van der Waals surface area contributed by atoms with E-state index in [0.717, 1.165) is 0 Å². The van der Waals surface area contributed by atoms with Crippen LogP contribution in [0.3, 0.4) is 0 Å². The molecule has 0 aromatic carbocycles. The Morgan fingerprint density at radius 1 is 1.10 bits per heavy atom. The lowest BCUT2D eigenvalue weighted by Crippen LogP contribution is -2.58. The van der Waals surface area contributed by atoms with Crippen LogP contribution in [0, 0.1) is 0 Å². The van der Waals surface area contributed by atoms with Gasteiger partial charge in [-0.2, -0.15) is 0 Å². The van der Waals surface area contributed by atoms with Gasteiger partial charge in [-0.1, -0.05) is 0 Å². The van der Waals surface area contributed by atoms with E-state index in [0.29, 0.717) is 5.69 Å². The topological polar surface area (TPSA) is 243 Å². The normalized spacial score (nSPS) is 14.5. The van der Waals surface area contributed by atoms with Crippen molar-refractivity contribution in [2.24, 2.45) is 11.5 Å². The van der Waals surface area contributed by atoms with Crippen LogP contribution in [0.15, 0.2) is 12.5 Å². The third-order valence-corrected chi connectivity index (χ3v) is 4.20. The third kappa shape index (κ3) is 8.79. The number of nitrogens with one attached hydrogen (secondary N) is 4. The van der Waals surface area contributed by atoms with Gasteiger partial charge in [-0.15, -0.1) is 0 Å². The molecule has 1 heterocycles. The molecular formula is C17H27N7O7. The molecule has 0 spiro atoms. The van der Waals surface area contributed by atoms with Gasteiger partial charge in [0.2, 0.25) is 23.6 Å². The highest BCUT2D eigenvalue weighted by molar-refractivity contribution is 5.94. The number of carbonyl (C=O) groups excluding carboxylic acids is 4. The molecule has 0 radical (unpaired) electrons. The van der Waals surface area contributed by atoms with E-state index in [1.54, 1.807) is 0 Å². The van der Waals surface area contributed by atoms with E-state index in [4.69, 9.17) is 16.6 Å². The van der Waals surface area contributed by atoms with Crippen molar-refractivity contribution in [1.29, 1.82) is 0 Å². The van der Waals surface area contributed by atoms with E-state index in [1.807, 2.05) is 0 Å². The van der Waals surface area contributed by atoms with Gasteiger partial charge in [-0.25, -0.2) is 4.98 Å². The van der Waals surface area contributed by atoms with Crippen LogP contribution in [0.2, 0.25) is 0 Å². The summed E-state index contributed by atoms with van der Waals surface area (Å²) in [7, 11) is 0. The summed E-state index contributed by atoms with van der Waals surface area (Å²) in [4.78, 5) is 65.4. The Balaban J connectivity index is 2.83. The number of primary amides is 1. The number of nitrogens with two attached hydrogens (primary N) is 2. The first-order valence-electron chi connectivity index (χ1n) is 9.31. The number of carboxylic acid groups (broad SMARTS) is 1. The molecule has 1 rings (SSSR count). The van der Waals surface area contributed by atoms with Crippen LogP contribution in [0.25, 0.3) is 0 Å². The van der Waals surface area contributed by atoms with Crippen molar-refractivity contribution in [2.75, 3.05) is 6.61 Å². The van der Waals surface area contributed by atoms with Crippen LogP contribution >= 0.6 is 0 Å². The van der Waals surface area contributed by atoms with E-state index in [-0.39, 0.29) is 19.3 Å². The SMILES string of the molecule is CC(NC(=O)C(Cc1cnc[nH]1)NC(=O)C(CO)NC(=O)C(N)CCC(N)=O)C(=O)O. The monoisotopic (exact) mass is 441 g/mol. The molecule has 0 aliphatic heterocycles. The standard InChI is InChI=1S/C17H27N7O7/c1-8(17(30)31)22-15(28)11(4-9-5-20-7-21-9)23-16(29)12(6-25)24-14(27)10(18)2-3-13(19)26/h5,7-8,10-12,25H,2-4,6,18H2,1H3,(H2,19,26)(H,20,21)(H,22,28)(H,23,29)(H,24,27)(H,30,31). The molecule has 14 heteroatoms. The third-order valence-electron chi connectivity index (χ3n) is 4.20. The summed E-state index contributed by atoms with van der Waals surface area (Å²) in [5, 5.41) is 25.3. The number of hydrogen-bond acceptors (Lipinski definition) is 8. The number of aliphatic carboxylic acids is 1. The number of nitrogens with zero attached hydrogens (tertiary/aromatic N) is 1. The zero-order valence-electron chi connectivity index (χ0n) is 16.8. The molecule has 0 saturated heterocycles. The van der Waals surface area contributed by atoms with Crippen molar-refractivity contribution < 1.29 is 34.2 Å². The number of carboxylic acids is 1. The minimum Gasteiger partial charge on any atom is -0.480 e. The number of aliphatic hydroxyl groups is 1. The molecule has 1 aromatic rings. The van der Waals surface area contributed by atoms with Gasteiger partial charge in [0, 0.05) is 24.7 Å². The number of H-pyrrole nitrogens is 1. The first-order valence-corrected chi connectivity index (χ1v) is 9.31. The Morgan fingerprint density at radius 2 is 1.71 bits per heavy atom. The molecule has 10 N–H and O–H groups in total. The van der Waals surface area contributed by atoms with Gasteiger partial charge in [-0.3, -0.25) is 24.0 Å². The predicted molar refractivity (Wildman–Crippen MR) is 105 cm³/mol. The largest absolute Gasteiger partial charge is 0.480 e. The van der Waals surface area contributed by atoms with Gasteiger partial charge in [0.05, 0.1) is 19.0 Å². The molecule has 0 aliphatic rings. The minimum atomic E-state index is -1.44. The van der Waals surface area contributed by atoms with Crippen LogP contribution in [0.4, 0.5) is 0 Å². The number of hydrogen-bond donors (Lipinski definition) is 8. The van der Waals surface area contributed by atoms with Crippen molar-refractivity contribution in [3.05, 3.63) is 18.2 Å². The van der Waals surface area contributed by atoms with Crippen LogP contribution in [-0.2, 0) is 30.4 Å². The second-order valence-corrected chi connectivity index (χ2v) is 6.77. The van der Waals surface area contributed by atoms with Crippen LogP contribution in [0.1, 0.15) is 25.5 Å². The number of aromatic nitrogens is 2. The summed E-state index contributed by atoms with van der Waals surface area (Å²) >= 11 is 0. The van der Waals surface area contributed by atoms with E-state index >= 15 is 0 Å². The van der Waals surface area contributed by atoms with Crippen molar-refractivity contribution in [1.82, 2.24) is 25.9 Å². The van der Waals surface area contributed by atoms with Crippen LogP contribution < -0.4 is 27.4 Å². The smallest absolute Gasteiger partial charge is 0.325 e. The average Bonchev–Trinajstić information content (AvgIpc) is 3.22. The summed E-state index contributed by atoms with van der Waals surface area (Å²) in [5.41, 5.74) is 11.1. The van der Waals surface area contributed by atoms with E-state index in [1.165, 1.54) is 19.4 Å². The molecule has 4 unspecified atom stereocenters. The maximum Gasteiger partial charge on any atom is 0.325 e. The molecule has 4 amide bonds. The van der Waals surface area contributed by atoms with Crippen LogP contribution in [0.5, 0.6) is 0 Å². The molecule has 172 valence electrons. The summed E-state index contributed by atoms with van der Waals surface area (Å²) in [6.07, 6.45) is 2.51. The zero-order valence-corrected chi connectivity index (χ0v) is 16.8. The highest BCUT2D eigenvalue weighted by atomic mass is 16.4. The quantitative estimate of drug-likeness (QED) is 0.149. The Hall–Kier alpha value is -3.52. The van der Waals surface area contributed by atoms with Gasteiger partial charge in [0.25, 0.3) is 0 Å². The molecule has 14 nitrogen and oxygen atoms in total. The lowest BCUT2D eigenvalue weighted by Gasteiger charge is -2.23. The highest BCUT2D eigenvalue weighted by Crippen LogP contribution is 2.02. The number of carbonyl (C=O) groups is 5. The number of amides is 4. The fourth-order valence-electron chi connectivity index (χ4n) is 2.38. The van der Waals surface area contributed by atoms with Crippen molar-refractivity contribution in [2.45, 2.75) is 50.4 Å². The summed E-state index contributed by atoms with van der Waals surface area (Å²) in [5.74, 6) is -4.42. The van der Waals surface area contributed by atoms with Gasteiger partial charge in [0.1, 0.15) is 18.1 Å². The number of imidazole rings is 1. The fourth-order valence-corrected chi connectivity index (χ4v) is 2.38. The Kier molecular flexibility index (Phi) is 10.1. The highest BCUT2D eigenvalue weighted by Gasteiger charge is 2.29. The summed E-state index contributed by atoms with van der Waals surface area (Å²) in [6.45, 7) is 0.448. The Morgan fingerprint density at radius 3 is 2.23 bits per heavy atom. The van der Waals surface area contributed by atoms with Crippen molar-refractivity contribution >= 4 is 29.6 Å². The van der Waals surface area contributed by atoms with Crippen LogP contribution in [-0.4, -0.2) is 80.6 Å². The van der Waals surface area contributed by atoms with Gasteiger partial charge < -0.3 is 42.6 Å². The molecule has 0 aliphatic carbocycles. The summed E-state index contributed by atoms with van der Waals surface area (Å²) < 4.78 is 0. The lowest BCUT2D eigenvalue weighted by molar-refractivity contribution is -0.141. The van der Waals surface area contributed by atoms with E-state index in [2.05, 4.69) is 25.9 Å². The Bertz CT molecular complexity index is 784. The summed E-state index contributed by atoms with van der Waals surface area (Å²) in [6, 6.07) is -5.04. The van der Waals surface area contributed by atoms with Gasteiger partial charge in [0.15, 0.2) is 0 Å². The second kappa shape index (κ2) is 12.2. The number of rotatable bonds is 13. The Labute approximate surface area is 177 Å². The number of aromatic amines is 1. The van der Waals surface area contributed by atoms with Crippen molar-refractivity contribution in [3.63, 3.8) is 0 Å². The first-order chi connectivity index (χ1) is 14.5. The fraction of sp³-hybridized carbons (Fsp3) is 0.529. The first kappa shape index (κ1) is 25.5. The molecule has 1 aromatic heterocycles. The van der Waals surface area contributed by atoms with Gasteiger partial charge >= 0.3 is 5.97 Å². The molecule has 0 fully saturated rings. The zero-order chi connectivity index (χ0) is 23.6. The predicted octanol–water partition coefficient (Wildman–Crippen LogP) is -3.90. The number of aliphatic hydroxyl groups excluding tert-OH is 1. The average molecular weight is 441 g/mol. The molecule has 31 heavy (non-hydrogen) atoms. The van der Waals surface area contributed by atoms with Gasteiger partial charge in [-0.05, 0) is 13.3 Å². The molecule has 4 atom stereocenters. The lowest BCUT2D eigenvalue weighted by atomic mass is 10.1. The maximum absolute atomic E-state index is 12.5. The van der Waals surface area contributed by atoms with E-state index < -0.39 is 60.4 Å². The van der Waals surface area contributed by atoms with Crippen molar-refractivity contribution in [3.8, 4) is 0 Å². The molecule has 0 saturated carbocycles. The minimum absolute atomic E-state index is 0.0567. The second-order valence-electron chi connectivity index (χ2n) is 6.77.